The summed E-state index contributed by atoms with van der Waals surface area (Å²) in [5.41, 5.74) is 0.110. The summed E-state index contributed by atoms with van der Waals surface area (Å²) in [6, 6.07) is 2.17. The Morgan fingerprint density at radius 2 is 1.59 bits per heavy atom. The number of imide groups is 1. The van der Waals surface area contributed by atoms with Crippen LogP contribution in [0.3, 0.4) is 0 Å². The van der Waals surface area contributed by atoms with E-state index in [0.29, 0.717) is 18.2 Å². The van der Waals surface area contributed by atoms with Crippen LogP contribution in [0.2, 0.25) is 0 Å². The Hall–Kier alpha value is -2.97. The molecule has 0 unspecified atom stereocenters. The molecular formula is C18H26N2O7. The summed E-state index contributed by atoms with van der Waals surface area (Å²) in [5.74, 6) is -0.203. The molecule has 150 valence electrons. The highest BCUT2D eigenvalue weighted by molar-refractivity contribution is 5.97. The van der Waals surface area contributed by atoms with Gasteiger partial charge in [0.25, 0.3) is 5.91 Å². The van der Waals surface area contributed by atoms with Crippen molar-refractivity contribution in [2.24, 2.45) is 5.92 Å². The van der Waals surface area contributed by atoms with Crippen molar-refractivity contribution in [3.63, 3.8) is 0 Å². The molecule has 0 fully saturated rings. The maximum atomic E-state index is 12.2. The largest absolute Gasteiger partial charge is 0.493 e. The van der Waals surface area contributed by atoms with E-state index in [1.807, 2.05) is 13.8 Å². The van der Waals surface area contributed by atoms with Crippen molar-refractivity contribution in [1.82, 2.24) is 10.6 Å². The van der Waals surface area contributed by atoms with Crippen LogP contribution in [-0.2, 0) is 9.53 Å². The number of nitrogens with one attached hydrogen (secondary N) is 2. The fourth-order valence-electron chi connectivity index (χ4n) is 2.09. The molecule has 0 radical (unpaired) electrons. The van der Waals surface area contributed by atoms with Gasteiger partial charge in [-0.25, -0.2) is 9.59 Å². The summed E-state index contributed by atoms with van der Waals surface area (Å²) in [5, 5.41) is 4.64. The fourth-order valence-corrected chi connectivity index (χ4v) is 2.09. The van der Waals surface area contributed by atoms with Gasteiger partial charge in [-0.15, -0.1) is 0 Å². The highest BCUT2D eigenvalue weighted by Crippen LogP contribution is 2.38. The number of benzene rings is 1. The molecule has 0 bridgehead atoms. The minimum absolute atomic E-state index is 0.110. The fraction of sp³-hybridized carbons (Fsp3) is 0.500. The first-order valence-electron chi connectivity index (χ1n) is 8.37. The second kappa shape index (κ2) is 10.9. The molecule has 1 aromatic carbocycles. The molecule has 9 heteroatoms. The average Bonchev–Trinajstić information content (AvgIpc) is 2.64. The lowest BCUT2D eigenvalue weighted by Crippen LogP contribution is -2.41. The predicted octanol–water partition coefficient (Wildman–Crippen LogP) is 1.74. The van der Waals surface area contributed by atoms with E-state index < -0.39 is 24.5 Å². The Labute approximate surface area is 158 Å². The summed E-state index contributed by atoms with van der Waals surface area (Å²) in [6.45, 7) is 3.88. The van der Waals surface area contributed by atoms with Crippen molar-refractivity contribution < 1.29 is 33.3 Å². The van der Waals surface area contributed by atoms with Gasteiger partial charge in [0.1, 0.15) is 0 Å². The molecule has 0 spiro atoms. The second-order valence-corrected chi connectivity index (χ2v) is 5.98. The van der Waals surface area contributed by atoms with Crippen LogP contribution >= 0.6 is 0 Å². The molecule has 0 aliphatic carbocycles. The maximum Gasteiger partial charge on any atom is 0.338 e. The molecule has 0 aliphatic rings. The summed E-state index contributed by atoms with van der Waals surface area (Å²) >= 11 is 0. The van der Waals surface area contributed by atoms with Gasteiger partial charge in [0, 0.05) is 6.54 Å². The zero-order valence-corrected chi connectivity index (χ0v) is 16.2. The van der Waals surface area contributed by atoms with Crippen LogP contribution < -0.4 is 24.8 Å². The average molecular weight is 382 g/mol. The van der Waals surface area contributed by atoms with E-state index in [1.54, 1.807) is 0 Å². The van der Waals surface area contributed by atoms with E-state index in [0.717, 1.165) is 6.42 Å². The van der Waals surface area contributed by atoms with Crippen molar-refractivity contribution in [2.75, 3.05) is 34.5 Å². The molecule has 27 heavy (non-hydrogen) atoms. The van der Waals surface area contributed by atoms with Crippen LogP contribution in [0.4, 0.5) is 4.79 Å². The van der Waals surface area contributed by atoms with E-state index in [-0.39, 0.29) is 17.1 Å². The number of urea groups is 1. The van der Waals surface area contributed by atoms with Gasteiger partial charge < -0.3 is 24.3 Å². The van der Waals surface area contributed by atoms with Crippen molar-refractivity contribution in [3.05, 3.63) is 17.7 Å². The third-order valence-corrected chi connectivity index (χ3v) is 3.49. The number of rotatable bonds is 9. The summed E-state index contributed by atoms with van der Waals surface area (Å²) in [7, 11) is 4.27. The summed E-state index contributed by atoms with van der Waals surface area (Å²) < 4.78 is 20.4. The Balaban J connectivity index is 2.61. The van der Waals surface area contributed by atoms with Gasteiger partial charge >= 0.3 is 12.0 Å². The molecule has 9 nitrogen and oxygen atoms in total. The number of methoxy groups -OCH3 is 3. The zero-order valence-electron chi connectivity index (χ0n) is 16.2. The summed E-state index contributed by atoms with van der Waals surface area (Å²) in [6.07, 6.45) is 0.789. The maximum absolute atomic E-state index is 12.2. The number of carbonyl (C=O) groups is 3. The molecule has 0 aliphatic heterocycles. The number of hydrogen-bond donors (Lipinski definition) is 2. The van der Waals surface area contributed by atoms with Crippen molar-refractivity contribution in [1.29, 1.82) is 0 Å². The molecule has 0 aromatic heterocycles. The smallest absolute Gasteiger partial charge is 0.338 e. The van der Waals surface area contributed by atoms with Gasteiger partial charge in [-0.1, -0.05) is 13.8 Å². The molecule has 2 N–H and O–H groups in total. The van der Waals surface area contributed by atoms with E-state index >= 15 is 0 Å². The minimum Gasteiger partial charge on any atom is -0.493 e. The van der Waals surface area contributed by atoms with Crippen LogP contribution in [0.25, 0.3) is 0 Å². The third-order valence-electron chi connectivity index (χ3n) is 3.49. The molecular weight excluding hydrogens is 356 g/mol. The molecule has 0 saturated heterocycles. The number of amides is 3. The number of hydrogen-bond acceptors (Lipinski definition) is 7. The number of ether oxygens (including phenoxy) is 4. The van der Waals surface area contributed by atoms with Crippen LogP contribution in [-0.4, -0.2) is 52.4 Å². The Bertz CT molecular complexity index is 649. The third kappa shape index (κ3) is 7.04. The van der Waals surface area contributed by atoms with Crippen molar-refractivity contribution >= 4 is 17.9 Å². The summed E-state index contributed by atoms with van der Waals surface area (Å²) in [4.78, 5) is 35.4. The lowest BCUT2D eigenvalue weighted by Gasteiger charge is -2.13. The van der Waals surface area contributed by atoms with E-state index in [4.69, 9.17) is 18.9 Å². The van der Waals surface area contributed by atoms with Gasteiger partial charge in [0.15, 0.2) is 18.1 Å². The topological polar surface area (TPSA) is 112 Å². The van der Waals surface area contributed by atoms with Gasteiger partial charge in [-0.05, 0) is 24.5 Å². The van der Waals surface area contributed by atoms with Crippen molar-refractivity contribution in [3.8, 4) is 17.2 Å². The van der Waals surface area contributed by atoms with Gasteiger partial charge in [-0.2, -0.15) is 0 Å². The van der Waals surface area contributed by atoms with E-state index in [9.17, 15) is 14.4 Å². The van der Waals surface area contributed by atoms with Crippen LogP contribution in [0, 0.1) is 5.92 Å². The highest BCUT2D eigenvalue weighted by Gasteiger charge is 2.19. The van der Waals surface area contributed by atoms with Crippen molar-refractivity contribution in [2.45, 2.75) is 20.3 Å². The standard InChI is InChI=1S/C18H26N2O7/c1-11(2)6-7-19-18(23)20-15(21)10-27-17(22)12-8-13(24-3)16(26-5)14(9-12)25-4/h8-9,11H,6-7,10H2,1-5H3,(H2,19,20,21,23). The quantitative estimate of drug-likeness (QED) is 0.626. The number of esters is 1. The first-order chi connectivity index (χ1) is 12.8. The van der Waals surface area contributed by atoms with E-state index in [1.165, 1.54) is 33.5 Å². The Kier molecular flexibility index (Phi) is 8.91. The Morgan fingerprint density at radius 3 is 2.07 bits per heavy atom. The second-order valence-electron chi connectivity index (χ2n) is 5.98. The first kappa shape index (κ1) is 22.1. The van der Waals surface area contributed by atoms with Gasteiger partial charge in [-0.3, -0.25) is 10.1 Å². The molecule has 0 saturated carbocycles. The molecule has 3 amide bonds. The predicted molar refractivity (Wildman–Crippen MR) is 97.4 cm³/mol. The molecule has 0 heterocycles. The first-order valence-corrected chi connectivity index (χ1v) is 8.37. The minimum atomic E-state index is -0.774. The monoisotopic (exact) mass is 382 g/mol. The van der Waals surface area contributed by atoms with Gasteiger partial charge in [0.05, 0.1) is 26.9 Å². The molecule has 0 atom stereocenters. The number of carbonyl (C=O) groups excluding carboxylic acids is 3. The lowest BCUT2D eigenvalue weighted by atomic mass is 10.1. The Morgan fingerprint density at radius 1 is 1.00 bits per heavy atom. The van der Waals surface area contributed by atoms with Gasteiger partial charge in [0.2, 0.25) is 5.75 Å². The lowest BCUT2D eigenvalue weighted by molar-refractivity contribution is -0.123. The molecule has 1 rings (SSSR count). The van der Waals surface area contributed by atoms with Crippen LogP contribution in [0.5, 0.6) is 17.2 Å². The van der Waals surface area contributed by atoms with Crippen LogP contribution in [0.1, 0.15) is 30.6 Å². The SMILES string of the molecule is COc1cc(C(=O)OCC(=O)NC(=O)NCCC(C)C)cc(OC)c1OC. The van der Waals surface area contributed by atoms with E-state index in [2.05, 4.69) is 10.6 Å². The van der Waals surface area contributed by atoms with Crippen LogP contribution in [0.15, 0.2) is 12.1 Å². The highest BCUT2D eigenvalue weighted by atomic mass is 16.5. The normalized spacial score (nSPS) is 10.1. The zero-order chi connectivity index (χ0) is 20.4. The molecule has 1 aromatic rings.